The van der Waals surface area contributed by atoms with Crippen molar-refractivity contribution in [1.29, 1.82) is 0 Å². The lowest BCUT2D eigenvalue weighted by molar-refractivity contribution is -0.130. The van der Waals surface area contributed by atoms with Crippen LogP contribution in [0.5, 0.6) is 5.75 Å². The van der Waals surface area contributed by atoms with E-state index in [1.54, 1.807) is 11.8 Å². The van der Waals surface area contributed by atoms with E-state index in [-0.39, 0.29) is 24.4 Å². The maximum Gasteiger partial charge on any atom is 0.232 e. The van der Waals surface area contributed by atoms with Crippen LogP contribution in [0.15, 0.2) is 29.2 Å². The van der Waals surface area contributed by atoms with Gasteiger partial charge in [0.1, 0.15) is 5.75 Å². The predicted octanol–water partition coefficient (Wildman–Crippen LogP) is 3.19. The number of hydrogen-bond acceptors (Lipinski definition) is 4. The number of nitrogens with zero attached hydrogens (tertiary/aromatic N) is 1. The minimum absolute atomic E-state index is 0. The summed E-state index contributed by atoms with van der Waals surface area (Å²) in [5.74, 6) is 2.01. The molecular weight excluding hydrogens is 332 g/mol. The van der Waals surface area contributed by atoms with Gasteiger partial charge in [0.15, 0.2) is 0 Å². The SMILES string of the molecule is CCOc1ccc(SCC(=O)N2CCCC(C(C)N)C2)cc1.Cl. The quantitative estimate of drug-likeness (QED) is 0.793. The van der Waals surface area contributed by atoms with E-state index in [0.717, 1.165) is 36.6 Å². The lowest BCUT2D eigenvalue weighted by Crippen LogP contribution is -2.45. The maximum absolute atomic E-state index is 12.3. The van der Waals surface area contributed by atoms with Gasteiger partial charge >= 0.3 is 0 Å². The van der Waals surface area contributed by atoms with Crippen molar-refractivity contribution in [3.63, 3.8) is 0 Å². The maximum atomic E-state index is 12.3. The molecule has 0 aromatic heterocycles. The molecule has 0 aliphatic carbocycles. The largest absolute Gasteiger partial charge is 0.494 e. The summed E-state index contributed by atoms with van der Waals surface area (Å²) in [6, 6.07) is 8.06. The zero-order valence-electron chi connectivity index (χ0n) is 13.9. The summed E-state index contributed by atoms with van der Waals surface area (Å²) in [7, 11) is 0. The van der Waals surface area contributed by atoms with Crippen LogP contribution in [0, 0.1) is 5.92 Å². The molecule has 1 aromatic carbocycles. The van der Waals surface area contributed by atoms with Gasteiger partial charge in [0.25, 0.3) is 0 Å². The van der Waals surface area contributed by atoms with E-state index in [1.165, 1.54) is 0 Å². The zero-order valence-corrected chi connectivity index (χ0v) is 15.5. The molecule has 0 spiro atoms. The normalized spacial score (nSPS) is 18.9. The molecule has 1 saturated heterocycles. The molecule has 2 unspecified atom stereocenters. The fraction of sp³-hybridized carbons (Fsp3) is 0.588. The Balaban J connectivity index is 0.00000264. The van der Waals surface area contributed by atoms with Gasteiger partial charge < -0.3 is 15.4 Å². The van der Waals surface area contributed by atoms with Crippen LogP contribution in [0.3, 0.4) is 0 Å². The number of benzene rings is 1. The first-order valence-corrected chi connectivity index (χ1v) is 8.97. The summed E-state index contributed by atoms with van der Waals surface area (Å²) in [6.07, 6.45) is 2.19. The molecule has 1 fully saturated rings. The highest BCUT2D eigenvalue weighted by Gasteiger charge is 2.25. The van der Waals surface area contributed by atoms with Crippen LogP contribution in [0.2, 0.25) is 0 Å². The van der Waals surface area contributed by atoms with Crippen LogP contribution in [0.25, 0.3) is 0 Å². The number of likely N-dealkylation sites (tertiary alicyclic amines) is 1. The summed E-state index contributed by atoms with van der Waals surface area (Å²) < 4.78 is 5.42. The standard InChI is InChI=1S/C17H26N2O2S.ClH/c1-3-21-15-6-8-16(9-7-15)22-12-17(20)19-10-4-5-14(11-19)13(2)18;/h6-9,13-14H,3-5,10-12,18H2,1-2H3;1H. The van der Waals surface area contributed by atoms with E-state index >= 15 is 0 Å². The summed E-state index contributed by atoms with van der Waals surface area (Å²) in [5.41, 5.74) is 5.98. The highest BCUT2D eigenvalue weighted by Crippen LogP contribution is 2.24. The average molecular weight is 359 g/mol. The molecule has 6 heteroatoms. The van der Waals surface area contributed by atoms with E-state index in [1.807, 2.05) is 43.0 Å². The van der Waals surface area contributed by atoms with Crippen molar-refractivity contribution >= 4 is 30.1 Å². The molecule has 1 amide bonds. The lowest BCUT2D eigenvalue weighted by Gasteiger charge is -2.34. The Morgan fingerprint density at radius 1 is 1.43 bits per heavy atom. The fourth-order valence-corrected chi connectivity index (χ4v) is 3.50. The van der Waals surface area contributed by atoms with Crippen molar-refractivity contribution in [3.8, 4) is 5.75 Å². The molecule has 4 nitrogen and oxygen atoms in total. The van der Waals surface area contributed by atoms with Gasteiger partial charge in [-0.1, -0.05) is 0 Å². The number of halogens is 1. The van der Waals surface area contributed by atoms with Crippen molar-refractivity contribution in [1.82, 2.24) is 4.90 Å². The Morgan fingerprint density at radius 2 is 2.13 bits per heavy atom. The third-order valence-electron chi connectivity index (χ3n) is 4.05. The van der Waals surface area contributed by atoms with Gasteiger partial charge in [-0.25, -0.2) is 0 Å². The number of hydrogen-bond donors (Lipinski definition) is 1. The smallest absolute Gasteiger partial charge is 0.232 e. The van der Waals surface area contributed by atoms with Gasteiger partial charge in [-0.05, 0) is 56.9 Å². The predicted molar refractivity (Wildman–Crippen MR) is 98.5 cm³/mol. The summed E-state index contributed by atoms with van der Waals surface area (Å²) in [4.78, 5) is 15.4. The molecule has 0 radical (unpaired) electrons. The van der Waals surface area contributed by atoms with E-state index in [4.69, 9.17) is 10.5 Å². The van der Waals surface area contributed by atoms with Crippen LogP contribution in [0.1, 0.15) is 26.7 Å². The van der Waals surface area contributed by atoms with Gasteiger partial charge in [0, 0.05) is 24.0 Å². The number of amides is 1. The number of nitrogens with two attached hydrogens (primary N) is 1. The molecule has 1 heterocycles. The number of carbonyl (C=O) groups excluding carboxylic acids is 1. The van der Waals surface area contributed by atoms with Gasteiger partial charge in [-0.15, -0.1) is 24.2 Å². The van der Waals surface area contributed by atoms with E-state index in [9.17, 15) is 4.79 Å². The summed E-state index contributed by atoms with van der Waals surface area (Å²) in [6.45, 7) is 6.34. The molecule has 2 rings (SSSR count). The second-order valence-electron chi connectivity index (χ2n) is 5.79. The molecular formula is C17H27ClN2O2S. The first-order valence-electron chi connectivity index (χ1n) is 7.99. The molecule has 2 N–H and O–H groups in total. The highest BCUT2D eigenvalue weighted by molar-refractivity contribution is 8.00. The zero-order chi connectivity index (χ0) is 15.9. The van der Waals surface area contributed by atoms with Crippen molar-refractivity contribution in [2.24, 2.45) is 11.7 Å². The van der Waals surface area contributed by atoms with E-state index in [0.29, 0.717) is 18.3 Å². The molecule has 0 saturated carbocycles. The molecule has 23 heavy (non-hydrogen) atoms. The fourth-order valence-electron chi connectivity index (χ4n) is 2.70. The van der Waals surface area contributed by atoms with Gasteiger partial charge in [-0.3, -0.25) is 4.79 Å². The van der Waals surface area contributed by atoms with Crippen LogP contribution in [-0.2, 0) is 4.79 Å². The van der Waals surface area contributed by atoms with Gasteiger partial charge in [0.2, 0.25) is 5.91 Å². The molecule has 2 atom stereocenters. The minimum Gasteiger partial charge on any atom is -0.494 e. The third kappa shape index (κ3) is 6.24. The topological polar surface area (TPSA) is 55.6 Å². The van der Waals surface area contributed by atoms with Crippen molar-refractivity contribution in [3.05, 3.63) is 24.3 Å². The second kappa shape index (κ2) is 10.1. The number of rotatable bonds is 6. The van der Waals surface area contributed by atoms with E-state index < -0.39 is 0 Å². The summed E-state index contributed by atoms with van der Waals surface area (Å²) >= 11 is 1.58. The molecule has 1 aliphatic rings. The Labute approximate surface area is 149 Å². The van der Waals surface area contributed by atoms with Crippen molar-refractivity contribution < 1.29 is 9.53 Å². The van der Waals surface area contributed by atoms with Crippen molar-refractivity contribution in [2.45, 2.75) is 37.6 Å². The Kier molecular flexibility index (Phi) is 8.81. The van der Waals surface area contributed by atoms with E-state index in [2.05, 4.69) is 0 Å². The highest BCUT2D eigenvalue weighted by atomic mass is 35.5. The molecule has 130 valence electrons. The molecule has 1 aromatic rings. The van der Waals surface area contributed by atoms with Crippen LogP contribution in [-0.4, -0.2) is 42.3 Å². The number of ether oxygens (including phenoxy) is 1. The van der Waals surface area contributed by atoms with Crippen molar-refractivity contribution in [2.75, 3.05) is 25.4 Å². The Bertz CT molecular complexity index is 482. The first-order chi connectivity index (χ1) is 10.6. The minimum atomic E-state index is 0. The van der Waals surface area contributed by atoms with Crippen LogP contribution in [0.4, 0.5) is 0 Å². The van der Waals surface area contributed by atoms with Crippen LogP contribution >= 0.6 is 24.2 Å². The third-order valence-corrected chi connectivity index (χ3v) is 5.05. The molecule has 1 aliphatic heterocycles. The first kappa shape index (κ1) is 20.1. The number of carbonyl (C=O) groups is 1. The Morgan fingerprint density at radius 3 is 2.74 bits per heavy atom. The monoisotopic (exact) mass is 358 g/mol. The summed E-state index contributed by atoms with van der Waals surface area (Å²) in [5, 5.41) is 0. The number of piperidine rings is 1. The molecule has 0 bridgehead atoms. The second-order valence-corrected chi connectivity index (χ2v) is 6.84. The van der Waals surface area contributed by atoms with Crippen LogP contribution < -0.4 is 10.5 Å². The lowest BCUT2D eigenvalue weighted by atomic mass is 9.92. The van der Waals surface area contributed by atoms with Gasteiger partial charge in [-0.2, -0.15) is 0 Å². The number of thioether (sulfide) groups is 1. The van der Waals surface area contributed by atoms with Gasteiger partial charge in [0.05, 0.1) is 12.4 Å². The Hall–Kier alpha value is -0.910. The average Bonchev–Trinajstić information content (AvgIpc) is 2.54.